The Labute approximate surface area is 223 Å². The van der Waals surface area contributed by atoms with Crippen LogP contribution in [-0.2, 0) is 0 Å². The second-order valence-corrected chi connectivity index (χ2v) is 9.56. The Morgan fingerprint density at radius 2 is 0.974 bits per heavy atom. The third-order valence-corrected chi connectivity index (χ3v) is 7.25. The van der Waals surface area contributed by atoms with Crippen LogP contribution in [0.3, 0.4) is 0 Å². The van der Waals surface area contributed by atoms with Crippen molar-refractivity contribution in [1.29, 1.82) is 0 Å². The highest BCUT2D eigenvalue weighted by molar-refractivity contribution is 6.07. The maximum Gasteiger partial charge on any atom is 0.153 e. The molecule has 0 saturated carbocycles. The Hall–Kier alpha value is -5.42. The van der Waals surface area contributed by atoms with Crippen molar-refractivity contribution in [3.05, 3.63) is 128 Å². The molecule has 184 valence electrons. The van der Waals surface area contributed by atoms with Crippen LogP contribution in [0, 0.1) is 0 Å². The molecule has 0 unspecified atom stereocenters. The number of hydrogen-bond acceptors (Lipinski definition) is 5. The minimum absolute atomic E-state index is 0.777. The lowest BCUT2D eigenvalue weighted by atomic mass is 10.0. The Bertz CT molecular complexity index is 2030. The first-order valence-corrected chi connectivity index (χ1v) is 12.8. The molecule has 0 aliphatic carbocycles. The molecule has 0 amide bonds. The molecule has 0 spiro atoms. The van der Waals surface area contributed by atoms with Crippen LogP contribution in [0.2, 0.25) is 0 Å². The van der Waals surface area contributed by atoms with E-state index in [-0.39, 0.29) is 0 Å². The van der Waals surface area contributed by atoms with Gasteiger partial charge in [0.05, 0.1) is 12.4 Å². The molecule has 5 heteroatoms. The lowest BCUT2D eigenvalue weighted by Gasteiger charge is -2.26. The Kier molecular flexibility index (Phi) is 4.76. The van der Waals surface area contributed by atoms with Crippen molar-refractivity contribution in [2.75, 3.05) is 4.90 Å². The van der Waals surface area contributed by atoms with E-state index in [9.17, 15) is 0 Å². The van der Waals surface area contributed by atoms with Crippen LogP contribution in [0.5, 0.6) is 0 Å². The molecular formula is C34H21N3O2. The zero-order chi connectivity index (χ0) is 25.8. The molecule has 5 nitrogen and oxygen atoms in total. The number of fused-ring (bicyclic) bond motifs is 6. The minimum Gasteiger partial charge on any atom is -0.454 e. The molecule has 0 radical (unpaired) electrons. The van der Waals surface area contributed by atoms with E-state index in [0.717, 1.165) is 66.5 Å². The van der Waals surface area contributed by atoms with Crippen LogP contribution < -0.4 is 4.90 Å². The number of anilines is 3. The number of furan rings is 2. The fraction of sp³-hybridized carbons (Fsp3) is 0. The maximum absolute atomic E-state index is 6.20. The van der Waals surface area contributed by atoms with Crippen molar-refractivity contribution < 1.29 is 8.83 Å². The van der Waals surface area contributed by atoms with Crippen molar-refractivity contribution in [3.8, 4) is 11.1 Å². The van der Waals surface area contributed by atoms with Crippen LogP contribution in [0.4, 0.5) is 17.1 Å². The summed E-state index contributed by atoms with van der Waals surface area (Å²) in [4.78, 5) is 10.7. The largest absolute Gasteiger partial charge is 0.454 e. The Balaban J connectivity index is 1.34. The summed E-state index contributed by atoms with van der Waals surface area (Å²) in [7, 11) is 0. The SMILES string of the molecule is c1ccc(-c2cccc(N(c3ccc4c(c3)oc3cnccc34)c3ccc4c(c3)oc3cnccc34)c2)cc1. The number of benzene rings is 4. The van der Waals surface area contributed by atoms with Crippen molar-refractivity contribution in [3.63, 3.8) is 0 Å². The molecule has 4 heterocycles. The molecule has 0 aliphatic rings. The van der Waals surface area contributed by atoms with E-state index in [1.807, 2.05) is 18.2 Å². The quantitative estimate of drug-likeness (QED) is 0.239. The molecule has 0 fully saturated rings. The Morgan fingerprint density at radius 3 is 1.59 bits per heavy atom. The number of aromatic nitrogens is 2. The summed E-state index contributed by atoms with van der Waals surface area (Å²) >= 11 is 0. The second kappa shape index (κ2) is 8.57. The van der Waals surface area contributed by atoms with E-state index in [2.05, 4.69) is 99.8 Å². The van der Waals surface area contributed by atoms with Crippen molar-refractivity contribution in [2.24, 2.45) is 0 Å². The molecule has 0 atom stereocenters. The first kappa shape index (κ1) is 21.6. The van der Waals surface area contributed by atoms with Gasteiger partial charge >= 0.3 is 0 Å². The van der Waals surface area contributed by atoms with Gasteiger partial charge < -0.3 is 13.7 Å². The minimum atomic E-state index is 0.777. The van der Waals surface area contributed by atoms with Gasteiger partial charge in [-0.1, -0.05) is 42.5 Å². The van der Waals surface area contributed by atoms with E-state index in [0.29, 0.717) is 0 Å². The van der Waals surface area contributed by atoms with E-state index in [1.54, 1.807) is 24.8 Å². The number of nitrogens with zero attached hydrogens (tertiary/aromatic N) is 3. The van der Waals surface area contributed by atoms with Gasteiger partial charge in [-0.25, -0.2) is 0 Å². The van der Waals surface area contributed by atoms with E-state index in [1.165, 1.54) is 5.56 Å². The molecule has 4 aromatic heterocycles. The first-order chi connectivity index (χ1) is 19.3. The zero-order valence-electron chi connectivity index (χ0n) is 20.8. The highest BCUT2D eigenvalue weighted by atomic mass is 16.3. The topological polar surface area (TPSA) is 55.3 Å². The van der Waals surface area contributed by atoms with Crippen LogP contribution in [0.1, 0.15) is 0 Å². The van der Waals surface area contributed by atoms with E-state index >= 15 is 0 Å². The van der Waals surface area contributed by atoms with Gasteiger partial charge in [0.15, 0.2) is 11.2 Å². The van der Waals surface area contributed by atoms with Gasteiger partial charge in [-0.05, 0) is 59.7 Å². The fourth-order valence-electron chi connectivity index (χ4n) is 5.42. The average molecular weight is 504 g/mol. The van der Waals surface area contributed by atoms with Crippen molar-refractivity contribution in [2.45, 2.75) is 0 Å². The van der Waals surface area contributed by atoms with Crippen LogP contribution in [0.15, 0.2) is 137 Å². The van der Waals surface area contributed by atoms with Gasteiger partial charge in [-0.15, -0.1) is 0 Å². The number of pyridine rings is 2. The zero-order valence-corrected chi connectivity index (χ0v) is 20.8. The molecule has 8 aromatic rings. The smallest absolute Gasteiger partial charge is 0.153 e. The lowest BCUT2D eigenvalue weighted by Crippen LogP contribution is -2.09. The summed E-state index contributed by atoms with van der Waals surface area (Å²) in [6, 6.07) is 35.7. The van der Waals surface area contributed by atoms with Crippen LogP contribution in [-0.4, -0.2) is 9.97 Å². The van der Waals surface area contributed by atoms with E-state index in [4.69, 9.17) is 8.83 Å². The predicted molar refractivity (Wildman–Crippen MR) is 157 cm³/mol. The molecule has 0 saturated heterocycles. The maximum atomic E-state index is 6.20. The van der Waals surface area contributed by atoms with Crippen molar-refractivity contribution >= 4 is 60.9 Å². The summed E-state index contributed by atoms with van der Waals surface area (Å²) in [5.74, 6) is 0. The summed E-state index contributed by atoms with van der Waals surface area (Å²) in [5, 5.41) is 4.24. The molecule has 0 bridgehead atoms. The molecule has 0 aliphatic heterocycles. The average Bonchev–Trinajstić information content (AvgIpc) is 3.55. The third kappa shape index (κ3) is 3.55. The highest BCUT2D eigenvalue weighted by Gasteiger charge is 2.18. The summed E-state index contributed by atoms with van der Waals surface area (Å²) in [6.07, 6.45) is 7.12. The lowest BCUT2D eigenvalue weighted by molar-refractivity contribution is 0.667. The van der Waals surface area contributed by atoms with Crippen molar-refractivity contribution in [1.82, 2.24) is 9.97 Å². The molecule has 0 N–H and O–H groups in total. The van der Waals surface area contributed by atoms with Crippen LogP contribution >= 0.6 is 0 Å². The monoisotopic (exact) mass is 503 g/mol. The van der Waals surface area contributed by atoms with Gasteiger partial charge in [-0.3, -0.25) is 9.97 Å². The summed E-state index contributed by atoms with van der Waals surface area (Å²) in [6.45, 7) is 0. The molecule has 39 heavy (non-hydrogen) atoms. The predicted octanol–water partition coefficient (Wildman–Crippen LogP) is 9.41. The van der Waals surface area contributed by atoms with Crippen LogP contribution in [0.25, 0.3) is 55.0 Å². The third-order valence-electron chi connectivity index (χ3n) is 7.25. The first-order valence-electron chi connectivity index (χ1n) is 12.8. The Morgan fingerprint density at radius 1 is 0.436 bits per heavy atom. The summed E-state index contributed by atoms with van der Waals surface area (Å²) in [5.41, 5.74) is 8.49. The summed E-state index contributed by atoms with van der Waals surface area (Å²) < 4.78 is 12.4. The molecular weight excluding hydrogens is 482 g/mol. The number of rotatable bonds is 4. The highest BCUT2D eigenvalue weighted by Crippen LogP contribution is 2.41. The molecule has 4 aromatic carbocycles. The standard InChI is InChI=1S/C34H21N3O2/c1-2-5-22(6-3-1)23-7-4-8-24(17-23)37(25-9-11-27-29-13-15-35-20-33(29)38-31(27)18-25)26-10-12-28-30-14-16-36-21-34(30)39-32(28)19-26/h1-21H. The molecule has 8 rings (SSSR count). The second-order valence-electron chi connectivity index (χ2n) is 9.56. The van der Waals surface area contributed by atoms with E-state index < -0.39 is 0 Å². The van der Waals surface area contributed by atoms with Gasteiger partial charge in [0.2, 0.25) is 0 Å². The van der Waals surface area contributed by atoms with Gasteiger partial charge in [0.1, 0.15) is 11.2 Å². The van der Waals surface area contributed by atoms with Gasteiger partial charge in [0, 0.05) is 63.1 Å². The van der Waals surface area contributed by atoms with Gasteiger partial charge in [0.25, 0.3) is 0 Å². The number of hydrogen-bond donors (Lipinski definition) is 0. The normalized spacial score (nSPS) is 11.6. The van der Waals surface area contributed by atoms with Gasteiger partial charge in [-0.2, -0.15) is 0 Å². The fourth-order valence-corrected chi connectivity index (χ4v) is 5.42.